The monoisotopic (exact) mass is 876 g/mol. The topological polar surface area (TPSA) is 222 Å². The van der Waals surface area contributed by atoms with Gasteiger partial charge in [0.15, 0.2) is 0 Å². The van der Waals surface area contributed by atoms with Crippen LogP contribution in [0.3, 0.4) is 0 Å². The van der Waals surface area contributed by atoms with Crippen molar-refractivity contribution in [1.29, 1.82) is 0 Å². The van der Waals surface area contributed by atoms with Crippen LogP contribution in [0.15, 0.2) is 80.4 Å². The first kappa shape index (κ1) is 54.4. The van der Waals surface area contributed by atoms with Gasteiger partial charge in [-0.05, 0) is 148 Å². The van der Waals surface area contributed by atoms with E-state index in [0.717, 1.165) is 128 Å². The average molecular weight is 877 g/mol. The molecule has 0 saturated heterocycles. The lowest BCUT2D eigenvalue weighted by molar-refractivity contribution is 0.0960. The highest BCUT2D eigenvalue weighted by Gasteiger charge is 2.10. The number of aryl methyl sites for hydroxylation is 3. The maximum Gasteiger partial charge on any atom is 0.240 e. The zero-order valence-corrected chi connectivity index (χ0v) is 38.6. The Kier molecular flexibility index (Phi) is 29.5. The zero-order valence-electron chi connectivity index (χ0n) is 36.9. The van der Waals surface area contributed by atoms with Crippen LogP contribution in [-0.2, 0) is 38.3 Å². The van der Waals surface area contributed by atoms with Gasteiger partial charge in [0.25, 0.3) is 0 Å². The van der Waals surface area contributed by atoms with Crippen molar-refractivity contribution in [1.82, 2.24) is 0 Å². The van der Waals surface area contributed by atoms with Gasteiger partial charge in [-0.3, -0.25) is 0 Å². The van der Waals surface area contributed by atoms with Gasteiger partial charge in [0.2, 0.25) is 12.2 Å². The molecule has 0 atom stereocenters. The first-order valence-corrected chi connectivity index (χ1v) is 23.0. The van der Waals surface area contributed by atoms with Crippen molar-refractivity contribution >= 4 is 69.8 Å². The number of carbonyl (C=O) groups excluding carboxylic acids is 2. The summed E-state index contributed by atoms with van der Waals surface area (Å²) in [5.74, 6) is 0. The number of hydrogen-bond acceptors (Lipinski definition) is 14. The number of aliphatic imine (C=N–C) groups is 2. The smallest absolute Gasteiger partial charge is 0.240 e. The maximum atomic E-state index is 10.00. The van der Waals surface area contributed by atoms with Crippen LogP contribution in [0, 0.1) is 13.8 Å². The number of anilines is 4. The number of hydrogen-bond donors (Lipinski definition) is 6. The molecule has 0 heterocycles. The minimum absolute atomic E-state index is 0.255. The third kappa shape index (κ3) is 21.6. The molecule has 0 bridgehead atoms. The van der Waals surface area contributed by atoms with Crippen molar-refractivity contribution in [3.63, 3.8) is 0 Å². The minimum atomic E-state index is 0.255. The molecule has 12 nitrogen and oxygen atoms in total. The second-order valence-electron chi connectivity index (χ2n) is 13.9. The van der Waals surface area contributed by atoms with E-state index in [-0.39, 0.29) is 13.2 Å². The van der Waals surface area contributed by atoms with E-state index in [4.69, 9.17) is 42.6 Å². The Labute approximate surface area is 372 Å². The van der Waals surface area contributed by atoms with E-state index >= 15 is 0 Å². The summed E-state index contributed by atoms with van der Waals surface area (Å²) in [5.41, 5.74) is 35.0. The minimum Gasteiger partial charge on any atom is -0.399 e. The van der Waals surface area contributed by atoms with Gasteiger partial charge in [-0.2, -0.15) is 9.98 Å². The molecule has 0 radical (unpaired) electrons. The maximum absolute atomic E-state index is 10.00. The molecule has 0 aliphatic rings. The highest BCUT2D eigenvalue weighted by Crippen LogP contribution is 2.37. The molecule has 0 saturated carbocycles. The van der Waals surface area contributed by atoms with Gasteiger partial charge < -0.3 is 42.6 Å². The number of unbranched alkanes of at least 4 members (excludes halogenated alkanes) is 3. The van der Waals surface area contributed by atoms with Crippen molar-refractivity contribution in [2.24, 2.45) is 9.98 Å². The molecule has 14 heteroatoms. The molecule has 4 aromatic rings. The molecule has 4 rings (SSSR count). The molecular formula is C47H68N6O6S2. The predicted molar refractivity (Wildman–Crippen MR) is 257 cm³/mol. The number of isocyanates is 2. The molecule has 0 aliphatic carbocycles. The van der Waals surface area contributed by atoms with E-state index in [2.05, 4.69) is 48.1 Å². The molecule has 0 aliphatic heterocycles. The van der Waals surface area contributed by atoms with Crippen LogP contribution in [-0.4, -0.2) is 74.5 Å². The van der Waals surface area contributed by atoms with E-state index in [0.29, 0.717) is 11.4 Å². The van der Waals surface area contributed by atoms with Crippen molar-refractivity contribution in [3.8, 4) is 0 Å². The standard InChI is InChI=1S/C17H22N2.C12H26O4.C9H6N2O2.C9H14N2S2/c1-3-14-10-12(5-7-16(14)18)9-13-6-8-17(19)15(4-2)11-13;13-7-1-3-9-15-11-5-6-12-16-10-4-2-8-14;1-7-2-3-8(10-5-12)4-9(7)11-6-13;1-5-7(12-2)4-6(10)9(13-3)8(5)11/h5-8,10-11H,3-4,9,18-19H2,1-2H3;13-14H,1-12H2;2-4H,1H3;4H,10-11H2,1-3H3. The van der Waals surface area contributed by atoms with Gasteiger partial charge in [-0.25, -0.2) is 9.59 Å². The average Bonchev–Trinajstić information content (AvgIpc) is 3.26. The van der Waals surface area contributed by atoms with Crippen molar-refractivity contribution in [2.75, 3.05) is 75.1 Å². The zero-order chi connectivity index (χ0) is 45.4. The summed E-state index contributed by atoms with van der Waals surface area (Å²) in [4.78, 5) is 28.9. The number of nitrogens with zero attached hydrogens (tertiary/aromatic N) is 2. The van der Waals surface area contributed by atoms with Crippen molar-refractivity contribution in [3.05, 3.63) is 94.0 Å². The third-order valence-corrected chi connectivity index (χ3v) is 11.1. The van der Waals surface area contributed by atoms with E-state index in [1.165, 1.54) is 40.5 Å². The van der Waals surface area contributed by atoms with Crippen LogP contribution in [0.1, 0.15) is 85.8 Å². The molecule has 0 aromatic heterocycles. The Balaban J connectivity index is 0.000000412. The first-order chi connectivity index (χ1) is 29.4. The van der Waals surface area contributed by atoms with E-state index in [1.807, 2.05) is 37.6 Å². The summed E-state index contributed by atoms with van der Waals surface area (Å²) in [6.45, 7) is 11.7. The Morgan fingerprint density at radius 2 is 1.11 bits per heavy atom. The van der Waals surface area contributed by atoms with Crippen LogP contribution in [0.5, 0.6) is 0 Å². The Morgan fingerprint density at radius 3 is 1.54 bits per heavy atom. The van der Waals surface area contributed by atoms with Crippen LogP contribution in [0.25, 0.3) is 0 Å². The summed E-state index contributed by atoms with van der Waals surface area (Å²) in [6.07, 6.45) is 15.3. The number of thioether (sulfide) groups is 2. The second kappa shape index (κ2) is 33.1. The quantitative estimate of drug-likeness (QED) is 0.0151. The number of ether oxygens (including phenoxy) is 2. The predicted octanol–water partition coefficient (Wildman–Crippen LogP) is 9.44. The lowest BCUT2D eigenvalue weighted by atomic mass is 9.98. The molecule has 0 unspecified atom stereocenters. The van der Waals surface area contributed by atoms with Gasteiger partial charge >= 0.3 is 0 Å². The van der Waals surface area contributed by atoms with Crippen molar-refractivity contribution in [2.45, 2.75) is 95.3 Å². The largest absolute Gasteiger partial charge is 0.399 e. The third-order valence-electron chi connectivity index (χ3n) is 9.33. The van der Waals surface area contributed by atoms with E-state index in [9.17, 15) is 9.59 Å². The SMILES string of the molecule is CCc1cc(Cc2ccc(N)c(CC)c2)ccc1N.CSc1cc(N)c(SC)c(N)c1C.Cc1ccc(N=C=O)cc1N=C=O.OCCCCOCCCCOCCCCO. The normalized spacial score (nSPS) is 10.2. The van der Waals surface area contributed by atoms with Crippen LogP contribution >= 0.6 is 23.5 Å². The van der Waals surface area contributed by atoms with E-state index in [1.54, 1.807) is 42.6 Å². The Morgan fingerprint density at radius 1 is 0.623 bits per heavy atom. The fourth-order valence-corrected chi connectivity index (χ4v) is 7.06. The first-order valence-electron chi connectivity index (χ1n) is 20.6. The van der Waals surface area contributed by atoms with Gasteiger partial charge in [0, 0.05) is 61.6 Å². The van der Waals surface area contributed by atoms with Gasteiger partial charge in [-0.1, -0.05) is 44.2 Å². The summed E-state index contributed by atoms with van der Waals surface area (Å²) in [7, 11) is 0. The summed E-state index contributed by atoms with van der Waals surface area (Å²) in [5, 5.41) is 17.1. The summed E-state index contributed by atoms with van der Waals surface area (Å²) < 4.78 is 10.8. The molecule has 0 fully saturated rings. The van der Waals surface area contributed by atoms with Crippen LogP contribution in [0.2, 0.25) is 0 Å². The lowest BCUT2D eigenvalue weighted by Gasteiger charge is -2.12. The van der Waals surface area contributed by atoms with Gasteiger partial charge in [0.1, 0.15) is 0 Å². The summed E-state index contributed by atoms with van der Waals surface area (Å²) >= 11 is 3.27. The molecular weight excluding hydrogens is 809 g/mol. The highest BCUT2D eigenvalue weighted by molar-refractivity contribution is 7.99. The number of benzene rings is 4. The molecule has 0 spiro atoms. The Hall–Kier alpha value is -4.62. The lowest BCUT2D eigenvalue weighted by Crippen LogP contribution is -2.02. The van der Waals surface area contributed by atoms with Crippen LogP contribution < -0.4 is 22.9 Å². The number of nitrogen functional groups attached to an aromatic ring is 4. The molecule has 10 N–H and O–H groups in total. The number of nitrogens with two attached hydrogens (primary N) is 4. The number of rotatable bonds is 21. The fourth-order valence-electron chi connectivity index (χ4n) is 5.73. The second-order valence-corrected chi connectivity index (χ2v) is 15.5. The summed E-state index contributed by atoms with van der Waals surface area (Å²) in [6, 6.07) is 19.5. The molecule has 0 amide bonds. The Bertz CT molecular complexity index is 1900. The van der Waals surface area contributed by atoms with Gasteiger partial charge in [-0.15, -0.1) is 23.5 Å². The van der Waals surface area contributed by atoms with E-state index < -0.39 is 0 Å². The number of aliphatic hydroxyl groups is 2. The van der Waals surface area contributed by atoms with Gasteiger partial charge in [0.05, 0.1) is 22.0 Å². The highest BCUT2D eigenvalue weighted by atomic mass is 32.2. The number of aliphatic hydroxyl groups excluding tert-OH is 2. The van der Waals surface area contributed by atoms with Crippen LogP contribution in [0.4, 0.5) is 34.1 Å². The molecule has 334 valence electrons. The molecule has 61 heavy (non-hydrogen) atoms. The fraction of sp³-hybridized carbons (Fsp3) is 0.447. The van der Waals surface area contributed by atoms with Crippen molar-refractivity contribution < 1.29 is 29.3 Å². The molecule has 4 aromatic carbocycles.